The van der Waals surface area contributed by atoms with Gasteiger partial charge in [0.15, 0.2) is 0 Å². The van der Waals surface area contributed by atoms with Crippen molar-refractivity contribution in [1.29, 1.82) is 0 Å². The van der Waals surface area contributed by atoms with Crippen molar-refractivity contribution >= 4 is 31.7 Å². The van der Waals surface area contributed by atoms with Gasteiger partial charge >= 0.3 is 0 Å². The molecule has 4 aromatic rings. The molecule has 0 amide bonds. The third kappa shape index (κ3) is 4.14. The Morgan fingerprint density at radius 1 is 1.00 bits per heavy atom. The van der Waals surface area contributed by atoms with Crippen molar-refractivity contribution in [3.63, 3.8) is 0 Å². The Bertz CT molecular complexity index is 1460. The Kier molecular flexibility index (Phi) is 6.23. The van der Waals surface area contributed by atoms with Gasteiger partial charge in [-0.2, -0.15) is 0 Å². The number of ether oxygens (including phenoxy) is 1. The summed E-state index contributed by atoms with van der Waals surface area (Å²) < 4.78 is 36.6. The van der Waals surface area contributed by atoms with Gasteiger partial charge in [-0.25, -0.2) is 13.1 Å². The third-order valence-corrected chi connectivity index (χ3v) is 8.19. The largest absolute Gasteiger partial charge is 0.497 e. The molecule has 0 bridgehead atoms. The molecule has 0 saturated carbocycles. The molecule has 6 nitrogen and oxygen atoms in total. The van der Waals surface area contributed by atoms with Crippen molar-refractivity contribution in [3.05, 3.63) is 71.4 Å². The smallest absolute Gasteiger partial charge is 0.241 e. The van der Waals surface area contributed by atoms with Gasteiger partial charge < -0.3 is 10.2 Å². The fourth-order valence-electron chi connectivity index (χ4n) is 5.09. The normalized spacial score (nSPS) is 13.5. The number of hydrogen-bond acceptors (Lipinski definition) is 4. The maximum Gasteiger partial charge on any atom is 0.241 e. The highest BCUT2D eigenvalue weighted by molar-refractivity contribution is 7.89. The standard InChI is InChI=1S/C27H31N3O3S/c1-3-6-19-11-14-26(23-13-12-22(33-2)17-24(19)23)34(31,32)29-16-15-28-30-18-21-9-4-7-20-8-5-10-25(30)27(20)21/h5,8,10-14,17-18,28-29H,3-4,6-7,9,15-16H2,1-2H3. The van der Waals surface area contributed by atoms with Gasteiger partial charge in [0.25, 0.3) is 0 Å². The number of methoxy groups -OCH3 is 1. The van der Waals surface area contributed by atoms with Crippen LogP contribution in [0.4, 0.5) is 0 Å². The van der Waals surface area contributed by atoms with E-state index >= 15 is 0 Å². The molecule has 1 aliphatic carbocycles. The highest BCUT2D eigenvalue weighted by Crippen LogP contribution is 2.31. The summed E-state index contributed by atoms with van der Waals surface area (Å²) in [5, 5.41) is 2.99. The van der Waals surface area contributed by atoms with Crippen molar-refractivity contribution in [2.45, 2.75) is 43.9 Å². The summed E-state index contributed by atoms with van der Waals surface area (Å²) in [4.78, 5) is 0.300. The number of sulfonamides is 1. The number of rotatable bonds is 9. The first kappa shape index (κ1) is 22.7. The summed E-state index contributed by atoms with van der Waals surface area (Å²) in [6.45, 7) is 2.88. The number of aromatic nitrogens is 1. The quantitative estimate of drug-likeness (QED) is 0.341. The molecule has 0 fully saturated rings. The fourth-order valence-corrected chi connectivity index (χ4v) is 6.33. The topological polar surface area (TPSA) is 72.4 Å². The molecule has 1 heterocycles. The van der Waals surface area contributed by atoms with Crippen LogP contribution in [0.2, 0.25) is 0 Å². The molecule has 7 heteroatoms. The Hall–Kier alpha value is -3.03. The van der Waals surface area contributed by atoms with Crippen LogP contribution in [0.1, 0.15) is 36.5 Å². The minimum atomic E-state index is -3.67. The van der Waals surface area contributed by atoms with Crippen LogP contribution in [-0.2, 0) is 29.3 Å². The van der Waals surface area contributed by atoms with E-state index in [-0.39, 0.29) is 6.54 Å². The molecule has 1 aliphatic rings. The van der Waals surface area contributed by atoms with Gasteiger partial charge in [0, 0.05) is 30.1 Å². The van der Waals surface area contributed by atoms with E-state index in [0.717, 1.165) is 53.3 Å². The van der Waals surface area contributed by atoms with Crippen molar-refractivity contribution in [1.82, 2.24) is 9.40 Å². The lowest BCUT2D eigenvalue weighted by molar-refractivity contribution is 0.415. The van der Waals surface area contributed by atoms with E-state index in [9.17, 15) is 8.42 Å². The Morgan fingerprint density at radius 2 is 1.85 bits per heavy atom. The van der Waals surface area contributed by atoms with E-state index in [1.165, 1.54) is 22.9 Å². The number of hydrogen-bond donors (Lipinski definition) is 2. The molecule has 0 atom stereocenters. The first-order valence-corrected chi connectivity index (χ1v) is 13.4. The Balaban J connectivity index is 1.34. The molecule has 1 aromatic heterocycles. The van der Waals surface area contributed by atoms with Crippen molar-refractivity contribution in [2.75, 3.05) is 25.6 Å². The first-order chi connectivity index (χ1) is 16.5. The number of benzene rings is 3. The van der Waals surface area contributed by atoms with Crippen LogP contribution in [0.15, 0.2) is 59.6 Å². The Morgan fingerprint density at radius 3 is 2.68 bits per heavy atom. The summed E-state index contributed by atoms with van der Waals surface area (Å²) in [6, 6.07) is 15.6. The highest BCUT2D eigenvalue weighted by Gasteiger charge is 2.19. The van der Waals surface area contributed by atoms with Crippen LogP contribution in [0, 0.1) is 0 Å². The fraction of sp³-hybridized carbons (Fsp3) is 0.333. The molecule has 3 aromatic carbocycles. The monoisotopic (exact) mass is 477 g/mol. The number of nitrogens with zero attached hydrogens (tertiary/aromatic N) is 1. The van der Waals surface area contributed by atoms with E-state index in [0.29, 0.717) is 11.4 Å². The zero-order chi connectivity index (χ0) is 23.7. The summed E-state index contributed by atoms with van der Waals surface area (Å²) in [5.41, 5.74) is 8.41. The lowest BCUT2D eigenvalue weighted by atomic mass is 9.93. The van der Waals surface area contributed by atoms with Gasteiger partial charge in [0.2, 0.25) is 10.0 Å². The molecule has 0 spiro atoms. The first-order valence-electron chi connectivity index (χ1n) is 12.0. The molecule has 0 saturated heterocycles. The molecule has 5 rings (SSSR count). The van der Waals surface area contributed by atoms with Crippen LogP contribution in [-0.4, -0.2) is 33.3 Å². The van der Waals surface area contributed by atoms with Crippen LogP contribution >= 0.6 is 0 Å². The van der Waals surface area contributed by atoms with Crippen molar-refractivity contribution < 1.29 is 13.2 Å². The highest BCUT2D eigenvalue weighted by atomic mass is 32.2. The lowest BCUT2D eigenvalue weighted by Gasteiger charge is -2.14. The van der Waals surface area contributed by atoms with Gasteiger partial charge in [-0.05, 0) is 78.1 Å². The molecule has 34 heavy (non-hydrogen) atoms. The second kappa shape index (κ2) is 9.31. The molecule has 0 radical (unpaired) electrons. The summed E-state index contributed by atoms with van der Waals surface area (Å²) in [5.74, 6) is 0.724. The predicted molar refractivity (Wildman–Crippen MR) is 138 cm³/mol. The van der Waals surface area contributed by atoms with E-state index in [1.807, 2.05) is 28.9 Å². The molecule has 178 valence electrons. The van der Waals surface area contributed by atoms with Gasteiger partial charge in [-0.1, -0.05) is 31.5 Å². The number of nitrogens with one attached hydrogen (secondary N) is 2. The van der Waals surface area contributed by atoms with E-state index in [1.54, 1.807) is 13.2 Å². The van der Waals surface area contributed by atoms with Gasteiger partial charge in [-0.15, -0.1) is 0 Å². The average molecular weight is 478 g/mol. The van der Waals surface area contributed by atoms with Gasteiger partial charge in [0.1, 0.15) is 5.75 Å². The van der Waals surface area contributed by atoms with Crippen LogP contribution in [0.3, 0.4) is 0 Å². The van der Waals surface area contributed by atoms with E-state index in [4.69, 9.17) is 4.74 Å². The predicted octanol–water partition coefficient (Wildman–Crippen LogP) is 4.77. The second-order valence-electron chi connectivity index (χ2n) is 8.88. The SMILES string of the molecule is CCCc1ccc(S(=O)(=O)NCCNn2cc3c4c(cccc42)CCC3)c2ccc(OC)cc12. The van der Waals surface area contributed by atoms with Gasteiger partial charge in [-0.3, -0.25) is 4.68 Å². The molecule has 0 unspecified atom stereocenters. The maximum atomic E-state index is 13.2. The second-order valence-corrected chi connectivity index (χ2v) is 10.6. The van der Waals surface area contributed by atoms with Crippen LogP contribution in [0.25, 0.3) is 21.7 Å². The molecular weight excluding hydrogens is 446 g/mol. The van der Waals surface area contributed by atoms with E-state index in [2.05, 4.69) is 41.5 Å². The third-order valence-electron chi connectivity index (χ3n) is 6.67. The minimum absolute atomic E-state index is 0.283. The van der Waals surface area contributed by atoms with E-state index < -0.39 is 10.0 Å². The number of fused-ring (bicyclic) bond motifs is 1. The van der Waals surface area contributed by atoms with Crippen molar-refractivity contribution in [2.24, 2.45) is 0 Å². The Labute approximate surface area is 200 Å². The average Bonchev–Trinajstić information content (AvgIpc) is 3.21. The van der Waals surface area contributed by atoms with Crippen LogP contribution < -0.4 is 14.9 Å². The van der Waals surface area contributed by atoms with Crippen LogP contribution in [0.5, 0.6) is 5.75 Å². The molecule has 2 N–H and O–H groups in total. The summed E-state index contributed by atoms with van der Waals surface area (Å²) in [6.07, 6.45) is 7.39. The summed E-state index contributed by atoms with van der Waals surface area (Å²) in [7, 11) is -2.05. The molecule has 0 aliphatic heterocycles. The van der Waals surface area contributed by atoms with Gasteiger partial charge in [0.05, 0.1) is 17.5 Å². The zero-order valence-corrected chi connectivity index (χ0v) is 20.5. The summed E-state index contributed by atoms with van der Waals surface area (Å²) >= 11 is 0. The minimum Gasteiger partial charge on any atom is -0.497 e. The molecular formula is C27H31N3O3S. The lowest BCUT2D eigenvalue weighted by Crippen LogP contribution is -2.31. The van der Waals surface area contributed by atoms with Crippen molar-refractivity contribution in [3.8, 4) is 5.75 Å². The number of aryl methyl sites for hydroxylation is 3. The zero-order valence-electron chi connectivity index (χ0n) is 19.7. The maximum absolute atomic E-state index is 13.2.